The molecule has 4 atom stereocenters. The first kappa shape index (κ1) is 26.0. The molecular formula is C27H33N5O3. The largest absolute Gasteiger partial charge is 0.373 e. The Kier molecular flexibility index (Phi) is 9.03. The molecule has 0 aliphatic heterocycles. The number of allylic oxidation sites excluding steroid dienone is 3. The first-order chi connectivity index (χ1) is 16.8. The molecule has 0 radical (unpaired) electrons. The van der Waals surface area contributed by atoms with Crippen LogP contribution in [-0.4, -0.2) is 47.4 Å². The summed E-state index contributed by atoms with van der Waals surface area (Å²) in [6, 6.07) is 9.20. The fraction of sp³-hybridized carbons (Fsp3) is 0.370. The van der Waals surface area contributed by atoms with Gasteiger partial charge in [0.05, 0.1) is 12.1 Å². The number of benzene rings is 1. The van der Waals surface area contributed by atoms with Crippen molar-refractivity contribution in [3.8, 4) is 0 Å². The molecule has 184 valence electrons. The van der Waals surface area contributed by atoms with E-state index >= 15 is 0 Å². The minimum absolute atomic E-state index is 0.0940. The zero-order valence-corrected chi connectivity index (χ0v) is 20.4. The average molecular weight is 476 g/mol. The first-order valence-electron chi connectivity index (χ1n) is 11.8. The van der Waals surface area contributed by atoms with Crippen LogP contribution in [0.4, 0.5) is 0 Å². The van der Waals surface area contributed by atoms with Crippen LogP contribution in [0.1, 0.15) is 56.0 Å². The van der Waals surface area contributed by atoms with Crippen molar-refractivity contribution >= 4 is 18.3 Å². The molecule has 35 heavy (non-hydrogen) atoms. The number of primary amides is 1. The molecule has 8 nitrogen and oxygen atoms in total. The molecule has 0 saturated carbocycles. The highest BCUT2D eigenvalue weighted by atomic mass is 16.5. The third-order valence-corrected chi connectivity index (χ3v) is 6.11. The standard InChI is InChI=1S/C27H33N5O3/c1-4-35-25(15-28)18(2)16-30-17-20-7-5-8-21(13-20)19(3)26-24(33)11-12-32(31-26)23-10-6-9-22(14-23)27(29)34/h5-13,15,17-19,23,25,28H,4,14,16H2,1-3H3,(H2,29,34). The Morgan fingerprint density at radius 2 is 2.17 bits per heavy atom. The molecule has 3 N–H and O–H groups in total. The average Bonchev–Trinajstić information content (AvgIpc) is 2.87. The van der Waals surface area contributed by atoms with Crippen LogP contribution in [0.2, 0.25) is 0 Å². The van der Waals surface area contributed by atoms with Crippen molar-refractivity contribution in [1.82, 2.24) is 9.78 Å². The van der Waals surface area contributed by atoms with Gasteiger partial charge in [-0.15, -0.1) is 0 Å². The predicted molar refractivity (Wildman–Crippen MR) is 138 cm³/mol. The molecule has 2 aromatic rings. The van der Waals surface area contributed by atoms with Crippen LogP contribution in [0.5, 0.6) is 0 Å². The Balaban J connectivity index is 1.76. The minimum Gasteiger partial charge on any atom is -0.373 e. The summed E-state index contributed by atoms with van der Waals surface area (Å²) in [5.41, 5.74) is 8.14. The van der Waals surface area contributed by atoms with Gasteiger partial charge in [-0.05, 0) is 24.1 Å². The second-order valence-electron chi connectivity index (χ2n) is 8.71. The van der Waals surface area contributed by atoms with Gasteiger partial charge in [-0.2, -0.15) is 5.10 Å². The van der Waals surface area contributed by atoms with E-state index in [0.717, 1.165) is 11.1 Å². The number of aliphatic imine (C=N–C) groups is 1. The summed E-state index contributed by atoms with van der Waals surface area (Å²) in [6.45, 7) is 6.98. The van der Waals surface area contributed by atoms with Crippen molar-refractivity contribution in [2.45, 2.75) is 45.3 Å². The molecule has 1 aromatic heterocycles. The summed E-state index contributed by atoms with van der Waals surface area (Å²) >= 11 is 0. The number of nitrogens with one attached hydrogen (secondary N) is 1. The number of amides is 1. The first-order valence-corrected chi connectivity index (χ1v) is 11.8. The zero-order chi connectivity index (χ0) is 25.4. The van der Waals surface area contributed by atoms with E-state index in [1.54, 1.807) is 29.2 Å². The summed E-state index contributed by atoms with van der Waals surface area (Å²) in [4.78, 5) is 28.8. The molecule has 1 aliphatic carbocycles. The van der Waals surface area contributed by atoms with Gasteiger partial charge in [0.25, 0.3) is 0 Å². The van der Waals surface area contributed by atoms with E-state index in [4.69, 9.17) is 15.9 Å². The van der Waals surface area contributed by atoms with E-state index in [1.165, 1.54) is 12.3 Å². The molecule has 1 aliphatic rings. The Morgan fingerprint density at radius 3 is 2.89 bits per heavy atom. The van der Waals surface area contributed by atoms with Crippen LogP contribution in [0, 0.1) is 11.3 Å². The number of hydrogen-bond acceptors (Lipinski definition) is 6. The van der Waals surface area contributed by atoms with Gasteiger partial charge in [0.1, 0.15) is 5.69 Å². The predicted octanol–water partition coefficient (Wildman–Crippen LogP) is 3.42. The second-order valence-corrected chi connectivity index (χ2v) is 8.71. The number of nitrogens with two attached hydrogens (primary N) is 1. The lowest BCUT2D eigenvalue weighted by Crippen LogP contribution is -2.25. The Morgan fingerprint density at radius 1 is 1.37 bits per heavy atom. The number of carbonyl (C=O) groups is 1. The van der Waals surface area contributed by atoms with Gasteiger partial charge in [-0.1, -0.05) is 50.3 Å². The van der Waals surface area contributed by atoms with Crippen LogP contribution in [-0.2, 0) is 9.53 Å². The molecule has 1 aromatic carbocycles. The Bertz CT molecular complexity index is 1200. The van der Waals surface area contributed by atoms with Crippen molar-refractivity contribution in [3.05, 3.63) is 87.4 Å². The molecule has 1 heterocycles. The Hall–Kier alpha value is -3.65. The quantitative estimate of drug-likeness (QED) is 0.483. The van der Waals surface area contributed by atoms with E-state index in [1.807, 2.05) is 51.1 Å². The van der Waals surface area contributed by atoms with Crippen molar-refractivity contribution in [2.24, 2.45) is 16.6 Å². The van der Waals surface area contributed by atoms with Gasteiger partial charge < -0.3 is 15.9 Å². The van der Waals surface area contributed by atoms with E-state index < -0.39 is 5.91 Å². The van der Waals surface area contributed by atoms with E-state index in [-0.39, 0.29) is 29.4 Å². The summed E-state index contributed by atoms with van der Waals surface area (Å²) in [5.74, 6) is -0.592. The summed E-state index contributed by atoms with van der Waals surface area (Å²) in [7, 11) is 0. The van der Waals surface area contributed by atoms with Crippen molar-refractivity contribution in [2.75, 3.05) is 13.2 Å². The molecular weight excluding hydrogens is 442 g/mol. The summed E-state index contributed by atoms with van der Waals surface area (Å²) < 4.78 is 7.26. The highest BCUT2D eigenvalue weighted by Crippen LogP contribution is 2.24. The fourth-order valence-corrected chi connectivity index (χ4v) is 4.01. The maximum absolute atomic E-state index is 12.7. The highest BCUT2D eigenvalue weighted by molar-refractivity contribution is 5.92. The molecule has 3 rings (SSSR count). The van der Waals surface area contributed by atoms with Gasteiger partial charge in [0, 0.05) is 61.7 Å². The summed E-state index contributed by atoms with van der Waals surface area (Å²) in [6.07, 6.45) is 10.4. The number of aromatic nitrogens is 2. The SMILES string of the molecule is CCOC(C=N)C(C)CN=Cc1cccc(C(C)c2nn(C3C=CC=C(C(N)=O)C3)ccc2=O)c1. The van der Waals surface area contributed by atoms with Gasteiger partial charge in [-0.3, -0.25) is 19.3 Å². The normalized spacial score (nSPS) is 18.1. The topological polar surface area (TPSA) is 123 Å². The molecule has 1 amide bonds. The molecule has 8 heteroatoms. The van der Waals surface area contributed by atoms with Crippen LogP contribution in [0.25, 0.3) is 0 Å². The third-order valence-electron chi connectivity index (χ3n) is 6.11. The van der Waals surface area contributed by atoms with Gasteiger partial charge >= 0.3 is 0 Å². The monoisotopic (exact) mass is 475 g/mol. The van der Waals surface area contributed by atoms with Gasteiger partial charge in [0.15, 0.2) is 0 Å². The van der Waals surface area contributed by atoms with E-state index in [9.17, 15) is 9.59 Å². The second kappa shape index (κ2) is 12.2. The molecule has 0 fully saturated rings. The minimum atomic E-state index is -0.451. The molecule has 0 bridgehead atoms. The number of nitrogens with zero attached hydrogens (tertiary/aromatic N) is 3. The number of rotatable bonds is 11. The third kappa shape index (κ3) is 6.70. The highest BCUT2D eigenvalue weighted by Gasteiger charge is 2.20. The fourth-order valence-electron chi connectivity index (χ4n) is 4.01. The molecule has 0 saturated heterocycles. The lowest BCUT2D eigenvalue weighted by molar-refractivity contribution is -0.114. The summed E-state index contributed by atoms with van der Waals surface area (Å²) in [5, 5.41) is 12.1. The van der Waals surface area contributed by atoms with Gasteiger partial charge in [0.2, 0.25) is 11.3 Å². The van der Waals surface area contributed by atoms with Crippen LogP contribution < -0.4 is 11.2 Å². The lowest BCUT2D eigenvalue weighted by atomic mass is 9.95. The lowest BCUT2D eigenvalue weighted by Gasteiger charge is -2.21. The van der Waals surface area contributed by atoms with Crippen LogP contribution >= 0.6 is 0 Å². The van der Waals surface area contributed by atoms with Crippen LogP contribution in [0.15, 0.2) is 70.1 Å². The molecule has 4 unspecified atom stereocenters. The molecule has 0 spiro atoms. The number of hydrogen-bond donors (Lipinski definition) is 2. The van der Waals surface area contributed by atoms with Crippen molar-refractivity contribution < 1.29 is 9.53 Å². The van der Waals surface area contributed by atoms with Crippen molar-refractivity contribution in [3.63, 3.8) is 0 Å². The van der Waals surface area contributed by atoms with E-state index in [0.29, 0.717) is 30.8 Å². The number of ether oxygens (including phenoxy) is 1. The van der Waals surface area contributed by atoms with E-state index in [2.05, 4.69) is 10.1 Å². The zero-order valence-electron chi connectivity index (χ0n) is 20.4. The van der Waals surface area contributed by atoms with Gasteiger partial charge in [-0.25, -0.2) is 0 Å². The smallest absolute Gasteiger partial charge is 0.244 e. The maximum atomic E-state index is 12.7. The Labute approximate surface area is 205 Å². The van der Waals surface area contributed by atoms with Crippen molar-refractivity contribution in [1.29, 1.82) is 5.41 Å². The maximum Gasteiger partial charge on any atom is 0.244 e. The number of carbonyl (C=O) groups excluding carboxylic acids is 1. The van der Waals surface area contributed by atoms with Crippen LogP contribution in [0.3, 0.4) is 0 Å².